The number of hydrogen-bond donors (Lipinski definition) is 2. The van der Waals surface area contributed by atoms with Crippen LogP contribution in [0, 0.1) is 0 Å². The van der Waals surface area contributed by atoms with E-state index in [9.17, 15) is 4.79 Å². The number of carbonyl (C=O) groups is 1. The lowest BCUT2D eigenvalue weighted by molar-refractivity contribution is 0.102. The summed E-state index contributed by atoms with van der Waals surface area (Å²) in [7, 11) is 1.66. The van der Waals surface area contributed by atoms with Crippen molar-refractivity contribution in [1.82, 2.24) is 9.97 Å². The molecule has 1 amide bonds. The number of ether oxygens (including phenoxy) is 2. The summed E-state index contributed by atoms with van der Waals surface area (Å²) in [4.78, 5) is 20.9. The van der Waals surface area contributed by atoms with Crippen LogP contribution in [0.4, 0.5) is 11.6 Å². The SMILES string of the molecule is COCCCNc1ncc(C(=O)Nc2ccccc2Oc2ccccc2)cn1. The highest BCUT2D eigenvalue weighted by molar-refractivity contribution is 6.04. The fraction of sp³-hybridized carbons (Fsp3) is 0.190. The van der Waals surface area contributed by atoms with E-state index in [4.69, 9.17) is 9.47 Å². The Kier molecular flexibility index (Phi) is 6.92. The smallest absolute Gasteiger partial charge is 0.258 e. The van der Waals surface area contributed by atoms with Gasteiger partial charge in [0.2, 0.25) is 5.95 Å². The molecule has 28 heavy (non-hydrogen) atoms. The average molecular weight is 378 g/mol. The van der Waals surface area contributed by atoms with Crippen molar-refractivity contribution in [2.45, 2.75) is 6.42 Å². The summed E-state index contributed by atoms with van der Waals surface area (Å²) >= 11 is 0. The van der Waals surface area contributed by atoms with Crippen LogP contribution in [0.15, 0.2) is 67.0 Å². The first-order valence-corrected chi connectivity index (χ1v) is 8.94. The standard InChI is InChI=1S/C21H22N4O3/c1-27-13-7-12-22-21-23-14-16(15-24-21)20(26)25-18-10-5-6-11-19(18)28-17-8-3-2-4-9-17/h2-6,8-11,14-15H,7,12-13H2,1H3,(H,25,26)(H,22,23,24). The molecular formula is C21H22N4O3. The van der Waals surface area contributed by atoms with Crippen molar-refractivity contribution in [1.29, 1.82) is 0 Å². The largest absolute Gasteiger partial charge is 0.455 e. The molecule has 0 fully saturated rings. The molecule has 3 aromatic rings. The predicted octanol–water partition coefficient (Wildman–Crippen LogP) is 3.97. The van der Waals surface area contributed by atoms with Gasteiger partial charge in [0.15, 0.2) is 5.75 Å². The highest BCUT2D eigenvalue weighted by Crippen LogP contribution is 2.29. The molecule has 0 atom stereocenters. The molecule has 0 radical (unpaired) electrons. The maximum Gasteiger partial charge on any atom is 0.258 e. The molecule has 1 heterocycles. The van der Waals surface area contributed by atoms with Crippen molar-refractivity contribution >= 4 is 17.5 Å². The summed E-state index contributed by atoms with van der Waals surface area (Å²) in [5, 5.41) is 5.92. The maximum absolute atomic E-state index is 12.5. The van der Waals surface area contributed by atoms with E-state index in [1.54, 1.807) is 19.2 Å². The highest BCUT2D eigenvalue weighted by atomic mass is 16.5. The van der Waals surface area contributed by atoms with Crippen LogP contribution in [-0.2, 0) is 4.74 Å². The van der Waals surface area contributed by atoms with Gasteiger partial charge in [-0.1, -0.05) is 30.3 Å². The van der Waals surface area contributed by atoms with Crippen LogP contribution >= 0.6 is 0 Å². The molecule has 0 unspecified atom stereocenters. The molecule has 7 heteroatoms. The highest BCUT2D eigenvalue weighted by Gasteiger charge is 2.11. The Hall–Kier alpha value is -3.45. The third kappa shape index (κ3) is 5.52. The molecule has 1 aromatic heterocycles. The number of amides is 1. The molecule has 0 aliphatic carbocycles. The zero-order valence-corrected chi connectivity index (χ0v) is 15.6. The Balaban J connectivity index is 1.63. The first-order valence-electron chi connectivity index (χ1n) is 8.94. The molecule has 0 aliphatic rings. The Morgan fingerprint density at radius 3 is 2.46 bits per heavy atom. The number of para-hydroxylation sites is 3. The van der Waals surface area contributed by atoms with Gasteiger partial charge in [0, 0.05) is 32.7 Å². The van der Waals surface area contributed by atoms with Crippen molar-refractivity contribution in [3.8, 4) is 11.5 Å². The first kappa shape index (κ1) is 19.3. The lowest BCUT2D eigenvalue weighted by Crippen LogP contribution is -2.14. The molecule has 0 saturated carbocycles. The van der Waals surface area contributed by atoms with Crippen molar-refractivity contribution in [2.75, 3.05) is 30.9 Å². The third-order valence-electron chi connectivity index (χ3n) is 3.83. The number of aromatic nitrogens is 2. The van der Waals surface area contributed by atoms with E-state index in [0.717, 1.165) is 6.42 Å². The second kappa shape index (κ2) is 10.0. The summed E-state index contributed by atoms with van der Waals surface area (Å²) in [6.07, 6.45) is 3.82. The number of hydrogen-bond acceptors (Lipinski definition) is 6. The van der Waals surface area contributed by atoms with E-state index in [2.05, 4.69) is 20.6 Å². The third-order valence-corrected chi connectivity index (χ3v) is 3.83. The zero-order chi connectivity index (χ0) is 19.6. The minimum atomic E-state index is -0.310. The number of anilines is 2. The molecule has 2 aromatic carbocycles. The summed E-state index contributed by atoms with van der Waals surface area (Å²) < 4.78 is 10.9. The second-order valence-electron chi connectivity index (χ2n) is 5.93. The Morgan fingerprint density at radius 1 is 1.00 bits per heavy atom. The lowest BCUT2D eigenvalue weighted by Gasteiger charge is -2.12. The van der Waals surface area contributed by atoms with Crippen molar-refractivity contribution < 1.29 is 14.3 Å². The number of rotatable bonds is 9. The normalized spacial score (nSPS) is 10.3. The Labute approximate surface area is 163 Å². The predicted molar refractivity (Wildman–Crippen MR) is 108 cm³/mol. The van der Waals surface area contributed by atoms with Gasteiger partial charge < -0.3 is 20.1 Å². The molecule has 0 aliphatic heterocycles. The van der Waals surface area contributed by atoms with Crippen LogP contribution in [0.25, 0.3) is 0 Å². The fourth-order valence-corrected chi connectivity index (χ4v) is 2.42. The lowest BCUT2D eigenvalue weighted by atomic mass is 10.2. The number of nitrogens with one attached hydrogen (secondary N) is 2. The van der Waals surface area contributed by atoms with Crippen LogP contribution < -0.4 is 15.4 Å². The fourth-order valence-electron chi connectivity index (χ4n) is 2.42. The molecule has 0 saturated heterocycles. The van der Waals surface area contributed by atoms with E-state index >= 15 is 0 Å². The van der Waals surface area contributed by atoms with Gasteiger partial charge in [0.05, 0.1) is 11.3 Å². The monoisotopic (exact) mass is 378 g/mol. The number of carbonyl (C=O) groups excluding carboxylic acids is 1. The Morgan fingerprint density at radius 2 is 1.71 bits per heavy atom. The van der Waals surface area contributed by atoms with Gasteiger partial charge in [-0.3, -0.25) is 4.79 Å². The van der Waals surface area contributed by atoms with E-state index in [1.165, 1.54) is 12.4 Å². The summed E-state index contributed by atoms with van der Waals surface area (Å²) in [5.41, 5.74) is 0.926. The summed E-state index contributed by atoms with van der Waals surface area (Å²) in [6.45, 7) is 1.36. The van der Waals surface area contributed by atoms with Crippen molar-refractivity contribution in [3.63, 3.8) is 0 Å². The van der Waals surface area contributed by atoms with Crippen molar-refractivity contribution in [3.05, 3.63) is 72.6 Å². The van der Waals surface area contributed by atoms with Gasteiger partial charge in [0.1, 0.15) is 5.75 Å². The van der Waals surface area contributed by atoms with Gasteiger partial charge >= 0.3 is 0 Å². The van der Waals surface area contributed by atoms with Gasteiger partial charge in [0.25, 0.3) is 5.91 Å². The van der Waals surface area contributed by atoms with Crippen LogP contribution in [0.5, 0.6) is 11.5 Å². The quantitative estimate of drug-likeness (QED) is 0.548. The van der Waals surface area contributed by atoms with E-state index in [1.807, 2.05) is 42.5 Å². The minimum Gasteiger partial charge on any atom is -0.455 e. The van der Waals surface area contributed by atoms with E-state index in [-0.39, 0.29) is 5.91 Å². The van der Waals surface area contributed by atoms with Crippen LogP contribution in [0.2, 0.25) is 0 Å². The first-order chi connectivity index (χ1) is 13.8. The summed E-state index contributed by atoms with van der Waals surface area (Å²) in [5.74, 6) is 1.41. The second-order valence-corrected chi connectivity index (χ2v) is 5.93. The maximum atomic E-state index is 12.5. The zero-order valence-electron chi connectivity index (χ0n) is 15.6. The van der Waals surface area contributed by atoms with Gasteiger partial charge in [-0.15, -0.1) is 0 Å². The molecule has 3 rings (SSSR count). The van der Waals surface area contributed by atoms with Crippen LogP contribution in [0.1, 0.15) is 16.8 Å². The van der Waals surface area contributed by atoms with Crippen LogP contribution in [0.3, 0.4) is 0 Å². The van der Waals surface area contributed by atoms with Crippen LogP contribution in [-0.4, -0.2) is 36.1 Å². The molecule has 144 valence electrons. The number of nitrogens with zero attached hydrogens (tertiary/aromatic N) is 2. The van der Waals surface area contributed by atoms with Crippen molar-refractivity contribution in [2.24, 2.45) is 0 Å². The van der Waals surface area contributed by atoms with E-state index < -0.39 is 0 Å². The summed E-state index contributed by atoms with van der Waals surface area (Å²) in [6, 6.07) is 16.6. The molecule has 0 spiro atoms. The molecular weight excluding hydrogens is 356 g/mol. The molecule has 2 N–H and O–H groups in total. The molecule has 7 nitrogen and oxygen atoms in total. The average Bonchev–Trinajstić information content (AvgIpc) is 2.74. The minimum absolute atomic E-state index is 0.310. The topological polar surface area (TPSA) is 85.4 Å². The van der Waals surface area contributed by atoms with Gasteiger partial charge in [-0.2, -0.15) is 0 Å². The van der Waals surface area contributed by atoms with E-state index in [0.29, 0.717) is 41.8 Å². The number of methoxy groups -OCH3 is 1. The van der Waals surface area contributed by atoms with Gasteiger partial charge in [-0.25, -0.2) is 9.97 Å². The van der Waals surface area contributed by atoms with Gasteiger partial charge in [-0.05, 0) is 30.7 Å². The molecule has 0 bridgehead atoms. The number of benzene rings is 2. The Bertz CT molecular complexity index is 886.